The van der Waals surface area contributed by atoms with E-state index in [-0.39, 0.29) is 17.4 Å². The van der Waals surface area contributed by atoms with Crippen molar-refractivity contribution in [2.24, 2.45) is 0 Å². The number of rotatable bonds is 0. The maximum atomic E-state index is 14.3. The largest absolute Gasteiger partial charge is 0.288 e. The molecule has 0 unspecified atom stereocenters. The Hall–Kier alpha value is -7.63. The van der Waals surface area contributed by atoms with Crippen LogP contribution in [0.3, 0.4) is 0 Å². The van der Waals surface area contributed by atoms with Gasteiger partial charge >= 0.3 is 0 Å². The minimum Gasteiger partial charge on any atom is -0.288 e. The van der Waals surface area contributed by atoms with Crippen LogP contribution in [0.5, 0.6) is 0 Å². The highest BCUT2D eigenvalue weighted by Crippen LogP contribution is 2.51. The van der Waals surface area contributed by atoms with Gasteiger partial charge in [0.1, 0.15) is 0 Å². The van der Waals surface area contributed by atoms with Crippen molar-refractivity contribution in [3.8, 4) is 0 Å². The Balaban J connectivity index is 1.11. The lowest BCUT2D eigenvalue weighted by molar-refractivity contribution is 0.0845. The van der Waals surface area contributed by atoms with Crippen LogP contribution in [0, 0.1) is 0 Å². The average Bonchev–Trinajstić information content (AvgIpc) is 3.63. The monoisotopic (exact) mass is 710 g/mol. The summed E-state index contributed by atoms with van der Waals surface area (Å²) in [5.74, 6) is -0.696. The van der Waals surface area contributed by atoms with Gasteiger partial charge in [-0.1, -0.05) is 97.1 Å². The Kier molecular flexibility index (Phi) is 4.40. The summed E-state index contributed by atoms with van der Waals surface area (Å²) in [6.07, 6.45) is 0. The first-order chi connectivity index (χ1) is 27.5. The van der Waals surface area contributed by atoms with Gasteiger partial charge in [-0.05, 0) is 127 Å². The number of imide groups is 1. The van der Waals surface area contributed by atoms with E-state index in [1.54, 1.807) is 0 Å². The molecule has 254 valence electrons. The molecule has 5 heteroatoms. The number of nitrogens with one attached hydrogen (secondary N) is 1. The normalized spacial score (nSPS) is 14.0. The zero-order valence-electron chi connectivity index (χ0n) is 29.3. The van der Waals surface area contributed by atoms with Crippen LogP contribution in [-0.2, 0) is 0 Å². The van der Waals surface area contributed by atoms with Gasteiger partial charge in [-0.25, -0.2) is 0 Å². The van der Waals surface area contributed by atoms with Gasteiger partial charge in [-0.2, -0.15) is 0 Å². The van der Waals surface area contributed by atoms with Crippen LogP contribution in [-0.4, -0.2) is 16.2 Å². The molecule has 1 aliphatic rings. The third-order valence-corrected chi connectivity index (χ3v) is 13.5. The Bertz CT molecular complexity index is 4140. The lowest BCUT2D eigenvalue weighted by Crippen LogP contribution is -2.34. The molecule has 3 heterocycles. The molecule has 15 rings (SSSR count). The number of fused-ring (bicyclic) bond motifs is 10. The van der Waals surface area contributed by atoms with Crippen molar-refractivity contribution in [1.29, 1.82) is 0 Å². The quantitative estimate of drug-likeness (QED) is 0.0968. The van der Waals surface area contributed by atoms with Crippen molar-refractivity contribution in [1.82, 2.24) is 9.72 Å². The zero-order chi connectivity index (χ0) is 36.5. The van der Waals surface area contributed by atoms with Crippen molar-refractivity contribution in [3.63, 3.8) is 0 Å². The average molecular weight is 711 g/mol. The predicted molar refractivity (Wildman–Crippen MR) is 230 cm³/mol. The van der Waals surface area contributed by atoms with E-state index in [0.29, 0.717) is 11.1 Å². The van der Waals surface area contributed by atoms with Crippen LogP contribution in [0.4, 0.5) is 0 Å². The molecule has 56 heavy (non-hydrogen) atoms. The number of hydrogen-bond acceptors (Lipinski definition) is 3. The SMILES string of the molecule is O=C1NC(=O)c2ccc3c4ccc5c6ccc7c8ccc9c%10c(ccc(c%11ccc(c%12ccc(c%13ccc1c2c%133)c4c%125)c6c%117)c8%10)c(=O)n1c2ccccc2cc91. The molecular formula is C51H22N2O3. The second-order valence-corrected chi connectivity index (χ2v) is 15.8. The van der Waals surface area contributed by atoms with Crippen molar-refractivity contribution in [2.75, 3.05) is 0 Å². The van der Waals surface area contributed by atoms with Gasteiger partial charge in [-0.3, -0.25) is 24.1 Å². The molecule has 1 aliphatic heterocycles. The highest BCUT2D eigenvalue weighted by atomic mass is 16.2. The first kappa shape index (κ1) is 27.9. The van der Waals surface area contributed by atoms with Crippen molar-refractivity contribution < 1.29 is 9.59 Å². The molecule has 0 bridgehead atoms. The lowest BCUT2D eigenvalue weighted by Gasteiger charge is -2.23. The molecule has 1 N–H and O–H groups in total. The van der Waals surface area contributed by atoms with E-state index in [2.05, 4.69) is 96.3 Å². The number of amides is 2. The third kappa shape index (κ3) is 2.84. The summed E-state index contributed by atoms with van der Waals surface area (Å²) in [5, 5.41) is 28.1. The number of carbonyl (C=O) groups excluding carboxylic acids is 2. The molecule has 12 aromatic carbocycles. The van der Waals surface area contributed by atoms with Gasteiger partial charge in [-0.15, -0.1) is 0 Å². The Morgan fingerprint density at radius 3 is 1.11 bits per heavy atom. The van der Waals surface area contributed by atoms with E-state index >= 15 is 0 Å². The van der Waals surface area contributed by atoms with Crippen molar-refractivity contribution in [2.45, 2.75) is 0 Å². The molecule has 0 spiro atoms. The molecule has 0 atom stereocenters. The highest BCUT2D eigenvalue weighted by Gasteiger charge is 2.29. The number of para-hydroxylation sites is 1. The van der Waals surface area contributed by atoms with Gasteiger partial charge in [0.15, 0.2) is 0 Å². The number of hydrogen-bond donors (Lipinski definition) is 1. The lowest BCUT2D eigenvalue weighted by atomic mass is 9.80. The highest BCUT2D eigenvalue weighted by molar-refractivity contribution is 6.47. The number of carbonyl (C=O) groups is 2. The van der Waals surface area contributed by atoms with E-state index in [9.17, 15) is 14.4 Å². The first-order valence-corrected chi connectivity index (χ1v) is 19.0. The summed E-state index contributed by atoms with van der Waals surface area (Å²) in [5.41, 5.74) is 2.99. The van der Waals surface area contributed by atoms with E-state index in [1.165, 1.54) is 53.9 Å². The van der Waals surface area contributed by atoms with Crippen molar-refractivity contribution >= 4 is 147 Å². The maximum absolute atomic E-state index is 14.3. The second kappa shape index (κ2) is 8.84. The summed E-state index contributed by atoms with van der Waals surface area (Å²) in [4.78, 5) is 40.2. The molecule has 5 nitrogen and oxygen atoms in total. The molecule has 0 fully saturated rings. The van der Waals surface area contributed by atoms with Gasteiger partial charge < -0.3 is 0 Å². The number of pyridine rings is 1. The molecule has 0 saturated carbocycles. The third-order valence-electron chi connectivity index (χ3n) is 13.5. The second-order valence-electron chi connectivity index (χ2n) is 15.8. The Morgan fingerprint density at radius 1 is 0.321 bits per heavy atom. The summed E-state index contributed by atoms with van der Waals surface area (Å²) in [7, 11) is 0. The maximum Gasteiger partial charge on any atom is 0.263 e. The summed E-state index contributed by atoms with van der Waals surface area (Å²) < 4.78 is 1.88. The van der Waals surface area contributed by atoms with Gasteiger partial charge in [0, 0.05) is 38.1 Å². The first-order valence-electron chi connectivity index (χ1n) is 19.0. The summed E-state index contributed by atoms with van der Waals surface area (Å²) in [6, 6.07) is 45.0. The van der Waals surface area contributed by atoms with E-state index in [0.717, 1.165) is 81.1 Å². The predicted octanol–water partition coefficient (Wildman–Crippen LogP) is 11.8. The molecule has 0 aliphatic carbocycles. The van der Waals surface area contributed by atoms with Gasteiger partial charge in [0.05, 0.1) is 11.0 Å². The number of aromatic nitrogens is 1. The fraction of sp³-hybridized carbons (Fsp3) is 0. The fourth-order valence-corrected chi connectivity index (χ4v) is 11.4. The van der Waals surface area contributed by atoms with Crippen LogP contribution in [0.1, 0.15) is 20.7 Å². The molecular weight excluding hydrogens is 689 g/mol. The fourth-order valence-electron chi connectivity index (χ4n) is 11.4. The minimum absolute atomic E-state index is 0.0204. The van der Waals surface area contributed by atoms with Crippen LogP contribution in [0.15, 0.2) is 132 Å². The minimum atomic E-state index is -0.348. The van der Waals surface area contributed by atoms with E-state index in [4.69, 9.17) is 0 Å². The van der Waals surface area contributed by atoms with E-state index in [1.807, 2.05) is 40.8 Å². The topological polar surface area (TPSA) is 67.7 Å². The summed E-state index contributed by atoms with van der Waals surface area (Å²) in [6.45, 7) is 0. The van der Waals surface area contributed by atoms with E-state index < -0.39 is 0 Å². The molecule has 0 radical (unpaired) electrons. The molecule has 2 aromatic heterocycles. The number of nitrogens with zero attached hydrogens (tertiary/aromatic N) is 1. The number of benzene rings is 12. The van der Waals surface area contributed by atoms with Crippen molar-refractivity contribution in [3.05, 3.63) is 149 Å². The zero-order valence-corrected chi connectivity index (χ0v) is 29.3. The van der Waals surface area contributed by atoms with Crippen LogP contribution < -0.4 is 10.9 Å². The molecule has 0 saturated heterocycles. The van der Waals surface area contributed by atoms with Crippen LogP contribution >= 0.6 is 0 Å². The Labute approximate surface area is 313 Å². The molecule has 2 amide bonds. The van der Waals surface area contributed by atoms with Gasteiger partial charge in [0.25, 0.3) is 17.4 Å². The molecule has 14 aromatic rings. The summed E-state index contributed by atoms with van der Waals surface area (Å²) >= 11 is 0. The van der Waals surface area contributed by atoms with Crippen LogP contribution in [0.25, 0.3) is 135 Å². The smallest absolute Gasteiger partial charge is 0.263 e. The standard InChI is InChI=1S/C51H22N2O3/c54-49-36-18-14-32-28-10-6-24-23-5-9-27-31-13-17-35-40-21-22-3-1-2-4-39(22)53(40)51(56)38-20-16-34(45(31)47(35)38)30-12-8-26(41(23)43(27)30)25-7-11-29(44(28)42(24)25)33-15-19-37(50(55)52-49)48(36)46(32)33/h1-21H,(H,52,54,55). The van der Waals surface area contributed by atoms with Gasteiger partial charge in [0.2, 0.25) is 0 Å². The Morgan fingerprint density at radius 2 is 0.661 bits per heavy atom. The van der Waals surface area contributed by atoms with Crippen LogP contribution in [0.2, 0.25) is 0 Å².